The van der Waals surface area contributed by atoms with Crippen molar-refractivity contribution < 1.29 is 5.11 Å². The quantitative estimate of drug-likeness (QED) is 0.824. The minimum Gasteiger partial charge on any atom is -0.385 e. The summed E-state index contributed by atoms with van der Waals surface area (Å²) in [7, 11) is 0. The summed E-state index contributed by atoms with van der Waals surface area (Å²) < 4.78 is 0. The van der Waals surface area contributed by atoms with Crippen LogP contribution in [0.25, 0.3) is 0 Å². The van der Waals surface area contributed by atoms with Crippen LogP contribution >= 0.6 is 0 Å². The molecule has 0 heterocycles. The largest absolute Gasteiger partial charge is 0.385 e. The normalized spacial score (nSPS) is 24.1. The lowest BCUT2D eigenvalue weighted by atomic mass is 9.66. The third kappa shape index (κ3) is 2.65. The second-order valence-electron chi connectivity index (χ2n) is 7.19. The summed E-state index contributed by atoms with van der Waals surface area (Å²) >= 11 is 0. The number of hydrogen-bond donors (Lipinski definition) is 1. The molecule has 2 aliphatic rings. The highest BCUT2D eigenvalue weighted by Crippen LogP contribution is 2.53. The highest BCUT2D eigenvalue weighted by atomic mass is 16.3. The molecule has 110 valence electrons. The van der Waals surface area contributed by atoms with Crippen LogP contribution in [-0.4, -0.2) is 5.11 Å². The lowest BCUT2D eigenvalue weighted by Gasteiger charge is -2.42. The highest BCUT2D eigenvalue weighted by molar-refractivity contribution is 5.28. The van der Waals surface area contributed by atoms with Gasteiger partial charge in [0, 0.05) is 0 Å². The van der Waals surface area contributed by atoms with E-state index in [-0.39, 0.29) is 0 Å². The van der Waals surface area contributed by atoms with E-state index in [1.54, 1.807) is 0 Å². The Hall–Kier alpha value is -0.820. The van der Waals surface area contributed by atoms with Crippen LogP contribution in [0.4, 0.5) is 0 Å². The fraction of sp³-hybridized carbons (Fsp3) is 0.684. The molecular formula is C19H28O. The molecule has 1 aromatic carbocycles. The Balaban J connectivity index is 1.70. The molecule has 0 amide bonds. The standard InChI is InChI=1S/C19H28O/c1-2-5-16-6-8-17(9-7-16)19(20)14-12-18(13-15-19)10-3-4-11-18/h6-9,20H,2-5,10-15H2,1H3. The maximum Gasteiger partial charge on any atom is 0.0897 e. The molecule has 0 aromatic heterocycles. The van der Waals surface area contributed by atoms with Crippen LogP contribution < -0.4 is 0 Å². The van der Waals surface area contributed by atoms with Crippen LogP contribution in [0.5, 0.6) is 0 Å². The first kappa shape index (κ1) is 14.1. The van der Waals surface area contributed by atoms with Gasteiger partial charge in [0.15, 0.2) is 0 Å². The Labute approximate surface area is 123 Å². The first-order valence-electron chi connectivity index (χ1n) is 8.48. The van der Waals surface area contributed by atoms with E-state index in [0.717, 1.165) is 24.8 Å². The number of rotatable bonds is 3. The Morgan fingerprint density at radius 3 is 2.05 bits per heavy atom. The van der Waals surface area contributed by atoms with Gasteiger partial charge in [0.25, 0.3) is 0 Å². The number of hydrogen-bond acceptors (Lipinski definition) is 1. The van der Waals surface area contributed by atoms with Crippen molar-refractivity contribution in [2.45, 2.75) is 76.7 Å². The summed E-state index contributed by atoms with van der Waals surface area (Å²) in [5.74, 6) is 0. The molecule has 1 nitrogen and oxygen atoms in total. The van der Waals surface area contributed by atoms with Crippen LogP contribution in [0, 0.1) is 5.41 Å². The molecule has 1 heteroatoms. The summed E-state index contributed by atoms with van der Waals surface area (Å²) in [6, 6.07) is 8.74. The predicted molar refractivity (Wildman–Crippen MR) is 83.7 cm³/mol. The summed E-state index contributed by atoms with van der Waals surface area (Å²) in [5.41, 5.74) is 2.57. The van der Waals surface area contributed by atoms with Gasteiger partial charge in [-0.15, -0.1) is 0 Å². The van der Waals surface area contributed by atoms with Gasteiger partial charge in [0.2, 0.25) is 0 Å². The summed E-state index contributed by atoms with van der Waals surface area (Å²) in [5, 5.41) is 11.0. The van der Waals surface area contributed by atoms with Gasteiger partial charge in [-0.2, -0.15) is 0 Å². The van der Waals surface area contributed by atoms with E-state index in [1.807, 2.05) is 0 Å². The van der Waals surface area contributed by atoms with E-state index < -0.39 is 5.60 Å². The van der Waals surface area contributed by atoms with Crippen molar-refractivity contribution >= 4 is 0 Å². The molecule has 0 bridgehead atoms. The fourth-order valence-corrected chi connectivity index (χ4v) is 4.38. The Morgan fingerprint density at radius 2 is 1.50 bits per heavy atom. The van der Waals surface area contributed by atoms with Crippen molar-refractivity contribution in [1.82, 2.24) is 0 Å². The molecule has 20 heavy (non-hydrogen) atoms. The third-order valence-electron chi connectivity index (χ3n) is 5.83. The van der Waals surface area contributed by atoms with Gasteiger partial charge in [0.05, 0.1) is 5.60 Å². The summed E-state index contributed by atoms with van der Waals surface area (Å²) in [6.07, 6.45) is 12.3. The first-order chi connectivity index (χ1) is 9.66. The van der Waals surface area contributed by atoms with Crippen LogP contribution in [0.2, 0.25) is 0 Å². The zero-order chi connectivity index (χ0) is 14.1. The van der Waals surface area contributed by atoms with Crippen molar-refractivity contribution in [1.29, 1.82) is 0 Å². The number of benzene rings is 1. The Kier molecular flexibility index (Phi) is 3.90. The highest BCUT2D eigenvalue weighted by Gasteiger charge is 2.43. The molecule has 3 rings (SSSR count). The monoisotopic (exact) mass is 272 g/mol. The first-order valence-corrected chi connectivity index (χ1v) is 8.48. The molecule has 0 atom stereocenters. The topological polar surface area (TPSA) is 20.2 Å². The lowest BCUT2D eigenvalue weighted by molar-refractivity contribution is -0.0376. The maximum absolute atomic E-state index is 11.0. The molecule has 1 aromatic rings. The van der Waals surface area contributed by atoms with Gasteiger partial charge in [-0.25, -0.2) is 0 Å². The van der Waals surface area contributed by atoms with E-state index in [9.17, 15) is 5.11 Å². The zero-order valence-corrected chi connectivity index (χ0v) is 12.8. The zero-order valence-electron chi connectivity index (χ0n) is 12.8. The average molecular weight is 272 g/mol. The van der Waals surface area contributed by atoms with Gasteiger partial charge in [0.1, 0.15) is 0 Å². The smallest absolute Gasteiger partial charge is 0.0897 e. The van der Waals surface area contributed by atoms with E-state index in [0.29, 0.717) is 5.41 Å². The van der Waals surface area contributed by atoms with Gasteiger partial charge >= 0.3 is 0 Å². The molecule has 2 aliphatic carbocycles. The van der Waals surface area contributed by atoms with E-state index in [2.05, 4.69) is 31.2 Å². The molecule has 1 N–H and O–H groups in total. The van der Waals surface area contributed by atoms with E-state index >= 15 is 0 Å². The van der Waals surface area contributed by atoms with E-state index in [4.69, 9.17) is 0 Å². The second-order valence-corrected chi connectivity index (χ2v) is 7.19. The number of aryl methyl sites for hydroxylation is 1. The Morgan fingerprint density at radius 1 is 0.900 bits per heavy atom. The van der Waals surface area contributed by atoms with Gasteiger partial charge < -0.3 is 5.11 Å². The van der Waals surface area contributed by atoms with E-state index in [1.165, 1.54) is 50.5 Å². The fourth-order valence-electron chi connectivity index (χ4n) is 4.38. The molecular weight excluding hydrogens is 244 g/mol. The molecule has 2 saturated carbocycles. The molecule has 0 saturated heterocycles. The van der Waals surface area contributed by atoms with Crippen molar-refractivity contribution in [2.24, 2.45) is 5.41 Å². The molecule has 2 fully saturated rings. The van der Waals surface area contributed by atoms with Gasteiger partial charge in [-0.05, 0) is 61.5 Å². The molecule has 0 radical (unpaired) electrons. The SMILES string of the molecule is CCCc1ccc(C2(O)CCC3(CCCC3)CC2)cc1. The van der Waals surface area contributed by atoms with Gasteiger partial charge in [-0.3, -0.25) is 0 Å². The Bertz CT molecular complexity index is 429. The van der Waals surface area contributed by atoms with Crippen molar-refractivity contribution in [3.05, 3.63) is 35.4 Å². The minimum atomic E-state index is -0.557. The lowest BCUT2D eigenvalue weighted by Crippen LogP contribution is -2.35. The number of aliphatic hydroxyl groups is 1. The maximum atomic E-state index is 11.0. The van der Waals surface area contributed by atoms with Crippen LogP contribution in [0.15, 0.2) is 24.3 Å². The van der Waals surface area contributed by atoms with Crippen LogP contribution in [0.1, 0.15) is 75.8 Å². The van der Waals surface area contributed by atoms with Crippen molar-refractivity contribution in [3.8, 4) is 0 Å². The third-order valence-corrected chi connectivity index (χ3v) is 5.83. The van der Waals surface area contributed by atoms with Crippen molar-refractivity contribution in [3.63, 3.8) is 0 Å². The minimum absolute atomic E-state index is 0.557. The molecule has 1 spiro atoms. The predicted octanol–water partition coefficient (Wildman–Crippen LogP) is 4.96. The van der Waals surface area contributed by atoms with Crippen molar-refractivity contribution in [2.75, 3.05) is 0 Å². The molecule has 0 unspecified atom stereocenters. The van der Waals surface area contributed by atoms with Gasteiger partial charge in [-0.1, -0.05) is 50.5 Å². The summed E-state index contributed by atoms with van der Waals surface area (Å²) in [6.45, 7) is 2.21. The average Bonchev–Trinajstić information content (AvgIpc) is 2.93. The summed E-state index contributed by atoms with van der Waals surface area (Å²) in [4.78, 5) is 0. The second kappa shape index (κ2) is 5.52. The van der Waals surface area contributed by atoms with Crippen LogP contribution in [-0.2, 0) is 12.0 Å². The van der Waals surface area contributed by atoms with Crippen LogP contribution in [0.3, 0.4) is 0 Å². The molecule has 0 aliphatic heterocycles.